The fraction of sp³-hybridized carbons (Fsp3) is 0.562. The lowest BCUT2D eigenvalue weighted by Crippen LogP contribution is -2.37. The van der Waals surface area contributed by atoms with Crippen LogP contribution >= 0.6 is 11.6 Å². The highest BCUT2D eigenvalue weighted by atomic mass is 35.5. The molecule has 0 atom stereocenters. The molecule has 1 heterocycles. The van der Waals surface area contributed by atoms with Crippen LogP contribution < -0.4 is 0 Å². The first-order chi connectivity index (χ1) is 10.9. The first-order valence-electron chi connectivity index (χ1n) is 7.94. The molecule has 1 aromatic rings. The molecular formula is C16H21ClN2O3S. The van der Waals surface area contributed by atoms with Crippen LogP contribution in [0.25, 0.3) is 0 Å². The van der Waals surface area contributed by atoms with Gasteiger partial charge in [-0.15, -0.1) is 0 Å². The Morgan fingerprint density at radius 1 is 1.17 bits per heavy atom. The molecule has 1 aliphatic heterocycles. The Kier molecular flexibility index (Phi) is 4.67. The Morgan fingerprint density at radius 2 is 1.91 bits per heavy atom. The van der Waals surface area contributed by atoms with E-state index in [0.717, 1.165) is 18.4 Å². The van der Waals surface area contributed by atoms with Gasteiger partial charge in [0.2, 0.25) is 15.9 Å². The molecule has 0 N–H and O–H groups in total. The number of amides is 1. The molecule has 0 bridgehead atoms. The second-order valence-corrected chi connectivity index (χ2v) is 8.61. The molecule has 5 nitrogen and oxygen atoms in total. The van der Waals surface area contributed by atoms with Crippen molar-refractivity contribution in [3.05, 3.63) is 28.8 Å². The van der Waals surface area contributed by atoms with E-state index in [-0.39, 0.29) is 16.7 Å². The Morgan fingerprint density at radius 3 is 2.57 bits per heavy atom. The third-order valence-electron chi connectivity index (χ3n) is 4.47. The number of hydrogen-bond donors (Lipinski definition) is 0. The molecule has 0 unspecified atom stereocenters. The number of aryl methyl sites for hydroxylation is 1. The molecule has 0 aromatic heterocycles. The van der Waals surface area contributed by atoms with Crippen molar-refractivity contribution in [1.29, 1.82) is 0 Å². The van der Waals surface area contributed by atoms with Crippen LogP contribution in [0.4, 0.5) is 0 Å². The van der Waals surface area contributed by atoms with Crippen LogP contribution in [0.2, 0.25) is 5.02 Å². The number of rotatable bonds is 3. The SMILES string of the molecule is Cc1ccc(S(=O)(=O)N2CCCN(C(=O)C3CC3)CC2)cc1Cl. The molecular weight excluding hydrogens is 336 g/mol. The second kappa shape index (κ2) is 6.42. The third kappa shape index (κ3) is 3.54. The summed E-state index contributed by atoms with van der Waals surface area (Å²) >= 11 is 6.06. The van der Waals surface area contributed by atoms with Crippen LogP contribution in [-0.2, 0) is 14.8 Å². The van der Waals surface area contributed by atoms with E-state index >= 15 is 0 Å². The van der Waals surface area contributed by atoms with Crippen LogP contribution in [0.3, 0.4) is 0 Å². The van der Waals surface area contributed by atoms with E-state index in [4.69, 9.17) is 11.6 Å². The lowest BCUT2D eigenvalue weighted by Gasteiger charge is -2.22. The standard InChI is InChI=1S/C16H21ClN2O3S/c1-12-3-6-14(11-15(12)17)23(21,22)19-8-2-7-18(9-10-19)16(20)13-4-5-13/h3,6,11,13H,2,4-5,7-10H2,1H3. The number of carbonyl (C=O) groups is 1. The Hall–Kier alpha value is -1.11. The smallest absolute Gasteiger partial charge is 0.243 e. The maximum atomic E-state index is 12.8. The van der Waals surface area contributed by atoms with Gasteiger partial charge >= 0.3 is 0 Å². The quantitative estimate of drug-likeness (QED) is 0.834. The second-order valence-electron chi connectivity index (χ2n) is 6.27. The fourth-order valence-corrected chi connectivity index (χ4v) is 4.57. The summed E-state index contributed by atoms with van der Waals surface area (Å²) < 4.78 is 27.0. The van der Waals surface area contributed by atoms with E-state index in [9.17, 15) is 13.2 Å². The first kappa shape index (κ1) is 16.7. The number of hydrogen-bond acceptors (Lipinski definition) is 3. The molecule has 1 saturated carbocycles. The van der Waals surface area contributed by atoms with Crippen LogP contribution in [0, 0.1) is 12.8 Å². The van der Waals surface area contributed by atoms with Crippen LogP contribution in [0.5, 0.6) is 0 Å². The predicted molar refractivity (Wildman–Crippen MR) is 88.9 cm³/mol. The van der Waals surface area contributed by atoms with Crippen molar-refractivity contribution in [2.75, 3.05) is 26.2 Å². The maximum absolute atomic E-state index is 12.8. The van der Waals surface area contributed by atoms with Gasteiger partial charge in [0.25, 0.3) is 0 Å². The minimum Gasteiger partial charge on any atom is -0.341 e. The van der Waals surface area contributed by atoms with E-state index in [1.165, 1.54) is 10.4 Å². The number of benzene rings is 1. The number of sulfonamides is 1. The van der Waals surface area contributed by atoms with Gasteiger partial charge in [-0.3, -0.25) is 4.79 Å². The average Bonchev–Trinajstić information content (AvgIpc) is 3.35. The summed E-state index contributed by atoms with van der Waals surface area (Å²) in [6.45, 7) is 3.71. The minimum absolute atomic E-state index is 0.175. The first-order valence-corrected chi connectivity index (χ1v) is 9.76. The molecule has 3 rings (SSSR count). The monoisotopic (exact) mass is 356 g/mol. The van der Waals surface area contributed by atoms with Gasteiger partial charge in [-0.1, -0.05) is 17.7 Å². The van der Waals surface area contributed by atoms with E-state index in [2.05, 4.69) is 0 Å². The Bertz CT molecular complexity index is 716. The van der Waals surface area contributed by atoms with Crippen molar-refractivity contribution in [2.45, 2.75) is 31.1 Å². The van der Waals surface area contributed by atoms with Crippen LogP contribution in [-0.4, -0.2) is 49.7 Å². The van der Waals surface area contributed by atoms with Gasteiger partial charge in [0.05, 0.1) is 4.90 Å². The van der Waals surface area contributed by atoms with Gasteiger partial charge in [0.1, 0.15) is 0 Å². The average molecular weight is 357 g/mol. The number of halogens is 1. The summed E-state index contributed by atoms with van der Waals surface area (Å²) in [4.78, 5) is 14.2. The fourth-order valence-electron chi connectivity index (χ4n) is 2.83. The van der Waals surface area contributed by atoms with E-state index in [0.29, 0.717) is 37.6 Å². The molecule has 23 heavy (non-hydrogen) atoms. The van der Waals surface area contributed by atoms with Crippen LogP contribution in [0.15, 0.2) is 23.1 Å². The highest BCUT2D eigenvalue weighted by molar-refractivity contribution is 7.89. The molecule has 1 aromatic carbocycles. The van der Waals surface area contributed by atoms with Gasteiger partial charge < -0.3 is 4.90 Å². The molecule has 2 fully saturated rings. The maximum Gasteiger partial charge on any atom is 0.243 e. The van der Waals surface area contributed by atoms with E-state index < -0.39 is 10.0 Å². The Balaban J connectivity index is 1.75. The third-order valence-corrected chi connectivity index (χ3v) is 6.78. The van der Waals surface area contributed by atoms with Gasteiger partial charge in [-0.05, 0) is 43.9 Å². The van der Waals surface area contributed by atoms with Crippen molar-refractivity contribution in [3.8, 4) is 0 Å². The molecule has 1 amide bonds. The molecule has 2 aliphatic rings. The summed E-state index contributed by atoms with van der Waals surface area (Å²) in [6.07, 6.45) is 2.61. The molecule has 7 heteroatoms. The summed E-state index contributed by atoms with van der Waals surface area (Å²) in [7, 11) is -3.57. The van der Waals surface area contributed by atoms with Crippen molar-refractivity contribution in [1.82, 2.24) is 9.21 Å². The summed E-state index contributed by atoms with van der Waals surface area (Å²) in [6, 6.07) is 4.81. The zero-order chi connectivity index (χ0) is 16.6. The lowest BCUT2D eigenvalue weighted by molar-refractivity contribution is -0.132. The highest BCUT2D eigenvalue weighted by Crippen LogP contribution is 2.31. The predicted octanol–water partition coefficient (Wildman–Crippen LogP) is 2.28. The summed E-state index contributed by atoms with van der Waals surface area (Å²) in [5, 5.41) is 0.450. The molecule has 1 saturated heterocycles. The lowest BCUT2D eigenvalue weighted by atomic mass is 10.2. The Labute approximate surface area is 142 Å². The summed E-state index contributed by atoms with van der Waals surface area (Å²) in [5.41, 5.74) is 0.850. The van der Waals surface area contributed by atoms with E-state index in [1.807, 2.05) is 11.8 Å². The molecule has 0 spiro atoms. The molecule has 0 radical (unpaired) electrons. The summed E-state index contributed by atoms with van der Waals surface area (Å²) in [5.74, 6) is 0.358. The topological polar surface area (TPSA) is 57.7 Å². The number of carbonyl (C=O) groups excluding carboxylic acids is 1. The van der Waals surface area contributed by atoms with E-state index in [1.54, 1.807) is 12.1 Å². The van der Waals surface area contributed by atoms with Gasteiger partial charge in [-0.25, -0.2) is 8.42 Å². The number of nitrogens with zero attached hydrogens (tertiary/aromatic N) is 2. The zero-order valence-electron chi connectivity index (χ0n) is 13.2. The highest BCUT2D eigenvalue weighted by Gasteiger charge is 2.35. The van der Waals surface area contributed by atoms with Gasteiger partial charge in [0.15, 0.2) is 0 Å². The van der Waals surface area contributed by atoms with Crippen molar-refractivity contribution in [3.63, 3.8) is 0 Å². The van der Waals surface area contributed by atoms with Gasteiger partial charge in [-0.2, -0.15) is 4.31 Å². The zero-order valence-corrected chi connectivity index (χ0v) is 14.7. The van der Waals surface area contributed by atoms with Crippen molar-refractivity contribution < 1.29 is 13.2 Å². The van der Waals surface area contributed by atoms with Crippen LogP contribution in [0.1, 0.15) is 24.8 Å². The molecule has 1 aliphatic carbocycles. The minimum atomic E-state index is -3.57. The normalized spacial score (nSPS) is 20.3. The van der Waals surface area contributed by atoms with Crippen molar-refractivity contribution in [2.24, 2.45) is 5.92 Å². The molecule has 126 valence electrons. The largest absolute Gasteiger partial charge is 0.341 e. The van der Waals surface area contributed by atoms with Gasteiger partial charge in [0, 0.05) is 37.1 Å². The van der Waals surface area contributed by atoms with Crippen molar-refractivity contribution >= 4 is 27.5 Å².